The molecule has 1 aliphatic rings. The monoisotopic (exact) mass is 486 g/mol. The number of carbonyl (C=O) groups excluding carboxylic acids is 2. The van der Waals surface area contributed by atoms with Crippen LogP contribution in [0.15, 0.2) is 60.7 Å². The first-order valence-corrected chi connectivity index (χ1v) is 11.8. The van der Waals surface area contributed by atoms with Gasteiger partial charge in [-0.3, -0.25) is 25.3 Å². The van der Waals surface area contributed by atoms with Gasteiger partial charge in [0.25, 0.3) is 0 Å². The van der Waals surface area contributed by atoms with Crippen molar-refractivity contribution in [2.75, 3.05) is 18.0 Å². The number of piperidine rings is 1. The van der Waals surface area contributed by atoms with Gasteiger partial charge in [0, 0.05) is 17.8 Å². The Labute approximate surface area is 209 Å². The van der Waals surface area contributed by atoms with Gasteiger partial charge >= 0.3 is 11.8 Å². The van der Waals surface area contributed by atoms with Crippen molar-refractivity contribution in [3.63, 3.8) is 0 Å². The average Bonchev–Trinajstić information content (AvgIpc) is 2.87. The highest BCUT2D eigenvalue weighted by Gasteiger charge is 2.23. The molecule has 0 aliphatic carbocycles. The Balaban J connectivity index is 1.54. The van der Waals surface area contributed by atoms with E-state index in [1.807, 2.05) is 35.2 Å². The summed E-state index contributed by atoms with van der Waals surface area (Å²) in [6, 6.07) is 18.2. The maximum absolute atomic E-state index is 12.7. The second-order valence-corrected chi connectivity index (χ2v) is 8.97. The number of rotatable bonds is 6. The van der Waals surface area contributed by atoms with Gasteiger partial charge in [0.05, 0.1) is 18.9 Å². The Morgan fingerprint density at radius 2 is 1.75 bits per heavy atom. The van der Waals surface area contributed by atoms with E-state index in [0.29, 0.717) is 29.4 Å². The van der Waals surface area contributed by atoms with Crippen LogP contribution in [-0.2, 0) is 16.1 Å². The second-order valence-electron chi connectivity index (χ2n) is 8.97. The van der Waals surface area contributed by atoms with Crippen molar-refractivity contribution in [2.24, 2.45) is 11.5 Å². The number of nitrogens with one attached hydrogen (secondary N) is 2. The lowest BCUT2D eigenvalue weighted by molar-refractivity contribution is -0.135. The number of hydrogen-bond donors (Lipinski definition) is 4. The second kappa shape index (κ2) is 10.5. The summed E-state index contributed by atoms with van der Waals surface area (Å²) < 4.78 is 6.11. The summed E-state index contributed by atoms with van der Waals surface area (Å²) in [6.45, 7) is 3.44. The zero-order valence-corrected chi connectivity index (χ0v) is 20.2. The molecule has 1 aliphatic heterocycles. The van der Waals surface area contributed by atoms with Gasteiger partial charge in [0.1, 0.15) is 17.7 Å². The summed E-state index contributed by atoms with van der Waals surface area (Å²) in [5.74, 6) is -0.693. The smallest absolute Gasteiger partial charge is 0.316 e. The van der Waals surface area contributed by atoms with Gasteiger partial charge < -0.3 is 21.1 Å². The molecular weight excluding hydrogens is 456 g/mol. The molecule has 3 aromatic carbocycles. The number of nitrogen functional groups attached to an aromatic ring is 1. The SMILES string of the molecule is CC(=N)N1CCCC(Oc2ccc(N(Cc3ccc4ccc(C(=N)N)cc4c3)C(=O)C(N)=O)cc2)C1. The lowest BCUT2D eigenvalue weighted by Gasteiger charge is -2.33. The molecule has 186 valence electrons. The summed E-state index contributed by atoms with van der Waals surface area (Å²) in [4.78, 5) is 27.8. The normalized spacial score (nSPS) is 15.4. The molecule has 3 aromatic rings. The van der Waals surface area contributed by atoms with E-state index in [0.717, 1.165) is 35.7 Å². The van der Waals surface area contributed by atoms with Crippen LogP contribution in [-0.4, -0.2) is 47.6 Å². The van der Waals surface area contributed by atoms with Crippen LogP contribution in [0.1, 0.15) is 30.9 Å². The number of amidine groups is 2. The van der Waals surface area contributed by atoms with Gasteiger partial charge in [-0.25, -0.2) is 0 Å². The Bertz CT molecular complexity index is 1320. The maximum atomic E-state index is 12.7. The fraction of sp³-hybridized carbons (Fsp3) is 0.259. The molecule has 4 rings (SSSR count). The first kappa shape index (κ1) is 24.7. The number of fused-ring (bicyclic) bond motifs is 1. The minimum atomic E-state index is -1.04. The number of amides is 2. The van der Waals surface area contributed by atoms with Crippen LogP contribution < -0.4 is 21.1 Å². The third-order valence-corrected chi connectivity index (χ3v) is 6.32. The number of carbonyl (C=O) groups is 2. The average molecular weight is 487 g/mol. The standard InChI is InChI=1S/C27H30N6O3/c1-17(28)32-12-2-3-24(16-32)36-23-10-8-22(9-11-23)33(27(35)26(31)34)15-18-4-5-19-6-7-20(25(29)30)14-21(19)13-18/h4-11,13-14,24,28H,2-3,12,15-16H2,1H3,(H3,29,30)(H2,31,34). The Kier molecular flexibility index (Phi) is 7.19. The van der Waals surface area contributed by atoms with E-state index in [2.05, 4.69) is 0 Å². The van der Waals surface area contributed by atoms with Crippen molar-refractivity contribution in [2.45, 2.75) is 32.4 Å². The molecule has 0 radical (unpaired) electrons. The predicted octanol–water partition coefficient (Wildman–Crippen LogP) is 2.98. The number of likely N-dealkylation sites (tertiary alicyclic amines) is 1. The van der Waals surface area contributed by atoms with Gasteiger partial charge in [0.15, 0.2) is 0 Å². The zero-order chi connectivity index (χ0) is 25.8. The summed E-state index contributed by atoms with van der Waals surface area (Å²) in [6.07, 6.45) is 1.84. The molecule has 1 unspecified atom stereocenters. The van der Waals surface area contributed by atoms with Crippen LogP contribution in [0.3, 0.4) is 0 Å². The molecule has 1 atom stereocenters. The van der Waals surface area contributed by atoms with E-state index in [1.54, 1.807) is 37.3 Å². The topological polar surface area (TPSA) is 150 Å². The molecule has 0 bridgehead atoms. The van der Waals surface area contributed by atoms with Crippen LogP contribution in [0.25, 0.3) is 10.8 Å². The number of benzene rings is 3. The van der Waals surface area contributed by atoms with Crippen molar-refractivity contribution in [1.29, 1.82) is 10.8 Å². The fourth-order valence-electron chi connectivity index (χ4n) is 4.39. The van der Waals surface area contributed by atoms with E-state index in [4.69, 9.17) is 27.0 Å². The van der Waals surface area contributed by atoms with E-state index >= 15 is 0 Å². The third-order valence-electron chi connectivity index (χ3n) is 6.32. The van der Waals surface area contributed by atoms with E-state index in [9.17, 15) is 9.59 Å². The summed E-state index contributed by atoms with van der Waals surface area (Å²) >= 11 is 0. The van der Waals surface area contributed by atoms with Gasteiger partial charge in [-0.1, -0.05) is 24.3 Å². The van der Waals surface area contributed by atoms with Crippen LogP contribution >= 0.6 is 0 Å². The number of primary amides is 1. The molecule has 0 spiro atoms. The van der Waals surface area contributed by atoms with E-state index < -0.39 is 11.8 Å². The minimum absolute atomic E-state index is 0.0225. The highest BCUT2D eigenvalue weighted by Crippen LogP contribution is 2.25. The van der Waals surface area contributed by atoms with Crippen molar-refractivity contribution in [3.05, 3.63) is 71.8 Å². The lowest BCUT2D eigenvalue weighted by Crippen LogP contribution is -2.43. The maximum Gasteiger partial charge on any atom is 0.316 e. The van der Waals surface area contributed by atoms with Crippen LogP contribution in [0.4, 0.5) is 5.69 Å². The predicted molar refractivity (Wildman–Crippen MR) is 140 cm³/mol. The van der Waals surface area contributed by atoms with Gasteiger partial charge in [-0.15, -0.1) is 0 Å². The molecule has 6 N–H and O–H groups in total. The minimum Gasteiger partial charge on any atom is -0.489 e. The van der Waals surface area contributed by atoms with Gasteiger partial charge in [-0.05, 0) is 72.5 Å². The van der Waals surface area contributed by atoms with Crippen molar-refractivity contribution < 1.29 is 14.3 Å². The molecule has 1 saturated heterocycles. The largest absolute Gasteiger partial charge is 0.489 e. The molecule has 9 nitrogen and oxygen atoms in total. The molecule has 0 saturated carbocycles. The molecule has 0 aromatic heterocycles. The molecule has 1 heterocycles. The Morgan fingerprint density at radius 1 is 1.03 bits per heavy atom. The quantitative estimate of drug-likeness (QED) is 0.240. The number of hydrogen-bond acceptors (Lipinski definition) is 5. The summed E-state index contributed by atoms with van der Waals surface area (Å²) in [7, 11) is 0. The van der Waals surface area contributed by atoms with Crippen LogP contribution in [0, 0.1) is 10.8 Å². The highest BCUT2D eigenvalue weighted by molar-refractivity contribution is 6.39. The molecule has 1 fully saturated rings. The van der Waals surface area contributed by atoms with Crippen LogP contribution in [0.5, 0.6) is 5.75 Å². The Hall–Kier alpha value is -4.40. The van der Waals surface area contributed by atoms with Crippen LogP contribution in [0.2, 0.25) is 0 Å². The zero-order valence-electron chi connectivity index (χ0n) is 20.2. The summed E-state index contributed by atoms with van der Waals surface area (Å²) in [5, 5.41) is 17.4. The fourth-order valence-corrected chi connectivity index (χ4v) is 4.39. The third kappa shape index (κ3) is 5.63. The first-order chi connectivity index (χ1) is 17.2. The van der Waals surface area contributed by atoms with E-state index in [1.165, 1.54) is 4.90 Å². The number of anilines is 1. The first-order valence-electron chi connectivity index (χ1n) is 11.8. The summed E-state index contributed by atoms with van der Waals surface area (Å²) in [5.41, 5.74) is 12.9. The lowest BCUT2D eigenvalue weighted by atomic mass is 10.0. The van der Waals surface area contributed by atoms with Crippen molar-refractivity contribution in [3.8, 4) is 5.75 Å². The molecule has 2 amide bonds. The van der Waals surface area contributed by atoms with Gasteiger partial charge in [-0.2, -0.15) is 0 Å². The highest BCUT2D eigenvalue weighted by atomic mass is 16.5. The number of nitrogens with zero attached hydrogens (tertiary/aromatic N) is 2. The molecule has 36 heavy (non-hydrogen) atoms. The number of nitrogens with two attached hydrogens (primary N) is 2. The van der Waals surface area contributed by atoms with Crippen molar-refractivity contribution >= 4 is 39.9 Å². The van der Waals surface area contributed by atoms with Crippen molar-refractivity contribution in [1.82, 2.24) is 4.90 Å². The Morgan fingerprint density at radius 3 is 2.42 bits per heavy atom. The molecule has 9 heteroatoms. The number of ether oxygens (including phenoxy) is 1. The molecular formula is C27H30N6O3. The van der Waals surface area contributed by atoms with E-state index in [-0.39, 0.29) is 18.5 Å². The van der Waals surface area contributed by atoms with Gasteiger partial charge in [0.2, 0.25) is 0 Å².